The van der Waals surface area contributed by atoms with Gasteiger partial charge in [0.2, 0.25) is 0 Å². The number of aryl methyl sites for hydroxylation is 2. The van der Waals surface area contributed by atoms with E-state index >= 15 is 0 Å². The molecule has 0 radical (unpaired) electrons. The first-order chi connectivity index (χ1) is 10.5. The third kappa shape index (κ3) is 3.00. The molecule has 0 N–H and O–H groups in total. The summed E-state index contributed by atoms with van der Waals surface area (Å²) in [6.07, 6.45) is 0.958. The van der Waals surface area contributed by atoms with Crippen LogP contribution in [-0.2, 0) is 22.6 Å². The molecule has 0 unspecified atom stereocenters. The third-order valence-corrected chi connectivity index (χ3v) is 3.76. The lowest BCUT2D eigenvalue weighted by Gasteiger charge is -2.10. The molecule has 120 valence electrons. The van der Waals surface area contributed by atoms with Crippen molar-refractivity contribution in [1.82, 2.24) is 30.0 Å². The van der Waals surface area contributed by atoms with Crippen molar-refractivity contribution in [2.45, 2.75) is 53.1 Å². The van der Waals surface area contributed by atoms with E-state index in [9.17, 15) is 4.79 Å². The van der Waals surface area contributed by atoms with Crippen molar-refractivity contribution in [2.24, 2.45) is 0 Å². The number of carbonyl (C=O) groups is 1. The van der Waals surface area contributed by atoms with Gasteiger partial charge in [-0.05, 0) is 37.6 Å². The minimum Gasteiger partial charge on any atom is -0.469 e. The molecule has 0 aliphatic heterocycles. The second-order valence-corrected chi connectivity index (χ2v) is 5.31. The molecule has 0 fully saturated rings. The molecule has 8 nitrogen and oxygen atoms in total. The van der Waals surface area contributed by atoms with E-state index in [2.05, 4.69) is 27.5 Å². The van der Waals surface area contributed by atoms with E-state index in [0.29, 0.717) is 6.54 Å². The quantitative estimate of drug-likeness (QED) is 0.746. The van der Waals surface area contributed by atoms with Gasteiger partial charge in [-0.3, -0.25) is 9.48 Å². The molecule has 2 heterocycles. The molecule has 8 heteroatoms. The Morgan fingerprint density at radius 2 is 2.05 bits per heavy atom. The summed E-state index contributed by atoms with van der Waals surface area (Å²) >= 11 is 0. The number of carbonyl (C=O) groups excluding carboxylic acids is 1. The summed E-state index contributed by atoms with van der Waals surface area (Å²) in [5.74, 6) is 0.150. The highest BCUT2D eigenvalue weighted by atomic mass is 16.5. The predicted molar refractivity (Wildman–Crippen MR) is 79.3 cm³/mol. The fourth-order valence-corrected chi connectivity index (χ4v) is 2.64. The minimum absolute atomic E-state index is 0.262. The van der Waals surface area contributed by atoms with E-state index in [1.54, 1.807) is 4.68 Å². The number of hydrogen-bond donors (Lipinski definition) is 0. The van der Waals surface area contributed by atoms with Crippen LogP contribution in [0, 0.1) is 13.8 Å². The summed E-state index contributed by atoms with van der Waals surface area (Å²) in [5, 5.41) is 16.3. The fraction of sp³-hybridized carbons (Fsp3) is 0.643. The van der Waals surface area contributed by atoms with Crippen molar-refractivity contribution >= 4 is 5.97 Å². The zero-order chi connectivity index (χ0) is 16.3. The van der Waals surface area contributed by atoms with E-state index in [0.717, 1.165) is 35.7 Å². The van der Waals surface area contributed by atoms with Crippen LogP contribution in [0.4, 0.5) is 0 Å². The number of rotatable bonds is 6. The van der Waals surface area contributed by atoms with E-state index in [4.69, 9.17) is 4.74 Å². The molecule has 22 heavy (non-hydrogen) atoms. The molecule has 0 bridgehead atoms. The Kier molecular flexibility index (Phi) is 4.89. The molecule has 0 aromatic carbocycles. The molecule has 0 aliphatic carbocycles. The normalized spacial score (nSPS) is 12.4. The Morgan fingerprint density at radius 1 is 1.32 bits per heavy atom. The fourth-order valence-electron chi connectivity index (χ4n) is 2.64. The topological polar surface area (TPSA) is 87.7 Å². The standard InChI is InChI=1S/C14H22N6O2/c1-6-7-19-12(15-17-18-19)8-20-11(4)13(10(3)16-20)9(2)14(21)22-5/h9H,6-8H2,1-5H3/t9-/m1/s1. The van der Waals surface area contributed by atoms with Gasteiger partial charge in [-0.1, -0.05) is 6.92 Å². The lowest BCUT2D eigenvalue weighted by Crippen LogP contribution is -2.14. The lowest BCUT2D eigenvalue weighted by molar-refractivity contribution is -0.142. The maximum atomic E-state index is 11.8. The van der Waals surface area contributed by atoms with E-state index in [1.165, 1.54) is 7.11 Å². The number of ether oxygens (including phenoxy) is 1. The van der Waals surface area contributed by atoms with Crippen LogP contribution in [0.2, 0.25) is 0 Å². The Hall–Kier alpha value is -2.25. The van der Waals surface area contributed by atoms with Crippen molar-refractivity contribution in [3.63, 3.8) is 0 Å². The summed E-state index contributed by atoms with van der Waals surface area (Å²) in [6.45, 7) is 9.00. The van der Waals surface area contributed by atoms with Crippen molar-refractivity contribution in [1.29, 1.82) is 0 Å². The minimum atomic E-state index is -0.342. The van der Waals surface area contributed by atoms with Crippen LogP contribution in [-0.4, -0.2) is 43.1 Å². The number of methoxy groups -OCH3 is 1. The van der Waals surface area contributed by atoms with Crippen LogP contribution >= 0.6 is 0 Å². The average molecular weight is 306 g/mol. The Morgan fingerprint density at radius 3 is 2.68 bits per heavy atom. The van der Waals surface area contributed by atoms with Crippen molar-refractivity contribution in [2.75, 3.05) is 7.11 Å². The van der Waals surface area contributed by atoms with E-state index < -0.39 is 0 Å². The first-order valence-electron chi connectivity index (χ1n) is 7.36. The van der Waals surface area contributed by atoms with Crippen LogP contribution in [0.15, 0.2) is 0 Å². The molecule has 2 aromatic rings. The van der Waals surface area contributed by atoms with Gasteiger partial charge in [0.05, 0.1) is 18.7 Å². The Bertz CT molecular complexity index is 660. The zero-order valence-corrected chi connectivity index (χ0v) is 13.7. The Labute approximate surface area is 129 Å². The van der Waals surface area contributed by atoms with E-state index in [1.807, 2.05) is 25.5 Å². The molecule has 0 amide bonds. The smallest absolute Gasteiger partial charge is 0.312 e. The number of tetrazole rings is 1. The second kappa shape index (κ2) is 6.67. The highest BCUT2D eigenvalue weighted by Gasteiger charge is 2.24. The van der Waals surface area contributed by atoms with Gasteiger partial charge in [-0.15, -0.1) is 5.10 Å². The molecule has 0 saturated carbocycles. The molecular weight excluding hydrogens is 284 g/mol. The zero-order valence-electron chi connectivity index (χ0n) is 13.7. The monoisotopic (exact) mass is 306 g/mol. The average Bonchev–Trinajstić information content (AvgIpc) is 3.03. The van der Waals surface area contributed by atoms with Crippen molar-refractivity contribution < 1.29 is 9.53 Å². The largest absolute Gasteiger partial charge is 0.469 e. The number of aromatic nitrogens is 6. The van der Waals surface area contributed by atoms with Crippen molar-refractivity contribution in [3.8, 4) is 0 Å². The first-order valence-corrected chi connectivity index (χ1v) is 7.36. The van der Waals surface area contributed by atoms with Gasteiger partial charge in [0.15, 0.2) is 5.82 Å². The SMILES string of the molecule is CCCn1nnnc1Cn1nc(C)c([C@@H](C)C(=O)OC)c1C. The summed E-state index contributed by atoms with van der Waals surface area (Å²) < 4.78 is 8.44. The van der Waals surface area contributed by atoms with Crippen LogP contribution in [0.25, 0.3) is 0 Å². The van der Waals surface area contributed by atoms with Gasteiger partial charge in [0.25, 0.3) is 0 Å². The summed E-state index contributed by atoms with van der Waals surface area (Å²) in [5.41, 5.74) is 2.66. The number of nitrogens with zero attached hydrogens (tertiary/aromatic N) is 6. The molecule has 2 rings (SSSR count). The summed E-state index contributed by atoms with van der Waals surface area (Å²) in [4.78, 5) is 11.8. The molecule has 0 aliphatic rings. The molecule has 2 aromatic heterocycles. The van der Waals surface area contributed by atoms with Crippen LogP contribution in [0.5, 0.6) is 0 Å². The number of esters is 1. The number of hydrogen-bond acceptors (Lipinski definition) is 6. The van der Waals surface area contributed by atoms with Crippen LogP contribution in [0.3, 0.4) is 0 Å². The van der Waals surface area contributed by atoms with Gasteiger partial charge in [-0.2, -0.15) is 5.10 Å². The Balaban J connectivity index is 2.30. The van der Waals surface area contributed by atoms with Gasteiger partial charge < -0.3 is 4.74 Å². The highest BCUT2D eigenvalue weighted by Crippen LogP contribution is 2.24. The summed E-state index contributed by atoms with van der Waals surface area (Å²) in [7, 11) is 1.40. The highest BCUT2D eigenvalue weighted by molar-refractivity contribution is 5.78. The molecular formula is C14H22N6O2. The predicted octanol–water partition coefficient (Wildman–Crippen LogP) is 1.22. The molecule has 1 atom stereocenters. The van der Waals surface area contributed by atoms with Crippen LogP contribution in [0.1, 0.15) is 49.0 Å². The van der Waals surface area contributed by atoms with Gasteiger partial charge in [0.1, 0.15) is 6.54 Å². The van der Waals surface area contributed by atoms with Gasteiger partial charge in [-0.25, -0.2) is 4.68 Å². The molecule has 0 saturated heterocycles. The van der Waals surface area contributed by atoms with Gasteiger partial charge in [0, 0.05) is 17.8 Å². The lowest BCUT2D eigenvalue weighted by atomic mass is 9.99. The maximum Gasteiger partial charge on any atom is 0.312 e. The summed E-state index contributed by atoms with van der Waals surface area (Å²) in [6, 6.07) is 0. The first kappa shape index (κ1) is 16.1. The third-order valence-electron chi connectivity index (χ3n) is 3.76. The van der Waals surface area contributed by atoms with Gasteiger partial charge >= 0.3 is 5.97 Å². The van der Waals surface area contributed by atoms with Crippen molar-refractivity contribution in [3.05, 3.63) is 22.8 Å². The molecule has 0 spiro atoms. The maximum absolute atomic E-state index is 11.8. The van der Waals surface area contributed by atoms with Crippen LogP contribution < -0.4 is 0 Å². The second-order valence-electron chi connectivity index (χ2n) is 5.31. The van der Waals surface area contributed by atoms with E-state index in [-0.39, 0.29) is 11.9 Å².